The van der Waals surface area contributed by atoms with Gasteiger partial charge in [-0.25, -0.2) is 0 Å². The minimum atomic E-state index is -4.50. The van der Waals surface area contributed by atoms with E-state index in [9.17, 15) is 18.3 Å². The van der Waals surface area contributed by atoms with Gasteiger partial charge < -0.3 is 10.4 Å². The van der Waals surface area contributed by atoms with Gasteiger partial charge in [-0.05, 0) is 42.8 Å². The first-order valence-electron chi connectivity index (χ1n) is 6.19. The number of phenols is 1. The third-order valence-corrected chi connectivity index (χ3v) is 3.35. The maximum absolute atomic E-state index is 12.8. The third kappa shape index (κ3) is 3.82. The fraction of sp³-hybridized carbons (Fsp3) is 0.200. The summed E-state index contributed by atoms with van der Waals surface area (Å²) in [7, 11) is 0. The van der Waals surface area contributed by atoms with E-state index in [0.29, 0.717) is 5.69 Å². The third-order valence-electron chi connectivity index (χ3n) is 3.03. The number of hydrogen-bond acceptors (Lipinski definition) is 2. The molecular formula is C15H13ClF3NO. The molecule has 2 rings (SSSR count). The smallest absolute Gasteiger partial charge is 0.417 e. The lowest BCUT2D eigenvalue weighted by Crippen LogP contribution is -2.10. The van der Waals surface area contributed by atoms with Crippen LogP contribution in [0, 0.1) is 0 Å². The minimum absolute atomic E-state index is 0.105. The Morgan fingerprint density at radius 1 is 1.14 bits per heavy atom. The highest BCUT2D eigenvalue weighted by molar-refractivity contribution is 6.31. The zero-order valence-electron chi connectivity index (χ0n) is 11.1. The monoisotopic (exact) mass is 315 g/mol. The van der Waals surface area contributed by atoms with Gasteiger partial charge in [-0.2, -0.15) is 13.2 Å². The molecule has 1 atom stereocenters. The molecule has 0 radical (unpaired) electrons. The number of nitrogens with one attached hydrogen (secondary N) is 1. The van der Waals surface area contributed by atoms with Gasteiger partial charge in [0.15, 0.2) is 0 Å². The van der Waals surface area contributed by atoms with Crippen LogP contribution < -0.4 is 5.32 Å². The van der Waals surface area contributed by atoms with Gasteiger partial charge in [-0.3, -0.25) is 0 Å². The highest BCUT2D eigenvalue weighted by Gasteiger charge is 2.33. The first kappa shape index (κ1) is 15.5. The average Bonchev–Trinajstić information content (AvgIpc) is 2.39. The molecular weight excluding hydrogens is 303 g/mol. The van der Waals surface area contributed by atoms with Crippen LogP contribution in [0.25, 0.3) is 0 Å². The number of rotatable bonds is 3. The quantitative estimate of drug-likeness (QED) is 0.812. The van der Waals surface area contributed by atoms with E-state index < -0.39 is 11.7 Å². The molecule has 0 saturated carbocycles. The number of anilines is 1. The molecule has 0 aliphatic rings. The molecule has 0 saturated heterocycles. The molecule has 2 aromatic rings. The summed E-state index contributed by atoms with van der Waals surface area (Å²) in [5.74, 6) is 0.105. The molecule has 112 valence electrons. The van der Waals surface area contributed by atoms with Crippen molar-refractivity contribution in [1.82, 2.24) is 0 Å². The molecule has 6 heteroatoms. The molecule has 1 unspecified atom stereocenters. The largest absolute Gasteiger partial charge is 0.508 e. The van der Waals surface area contributed by atoms with Crippen molar-refractivity contribution in [2.75, 3.05) is 5.32 Å². The first-order valence-corrected chi connectivity index (χ1v) is 6.57. The molecule has 2 N–H and O–H groups in total. The Kier molecular flexibility index (Phi) is 4.32. The fourth-order valence-corrected chi connectivity index (χ4v) is 2.18. The van der Waals surface area contributed by atoms with Gasteiger partial charge in [0.05, 0.1) is 10.6 Å². The van der Waals surface area contributed by atoms with Gasteiger partial charge in [0.1, 0.15) is 5.75 Å². The van der Waals surface area contributed by atoms with Crippen molar-refractivity contribution in [3.05, 3.63) is 58.6 Å². The van der Waals surface area contributed by atoms with E-state index in [1.807, 2.05) is 0 Å². The number of alkyl halides is 3. The second-order valence-electron chi connectivity index (χ2n) is 4.65. The topological polar surface area (TPSA) is 32.3 Å². The molecule has 0 aliphatic heterocycles. The molecule has 0 fully saturated rings. The van der Waals surface area contributed by atoms with Gasteiger partial charge in [0.25, 0.3) is 0 Å². The number of aromatic hydroxyl groups is 1. The summed E-state index contributed by atoms with van der Waals surface area (Å²) in [5.41, 5.74) is 0.193. The van der Waals surface area contributed by atoms with Crippen LogP contribution in [0.15, 0.2) is 42.5 Å². The van der Waals surface area contributed by atoms with Crippen LogP contribution in [0.5, 0.6) is 5.75 Å². The fourth-order valence-electron chi connectivity index (χ4n) is 1.96. The Balaban J connectivity index is 2.24. The van der Waals surface area contributed by atoms with Crippen LogP contribution in [0.4, 0.5) is 18.9 Å². The zero-order valence-corrected chi connectivity index (χ0v) is 11.8. The van der Waals surface area contributed by atoms with E-state index in [1.165, 1.54) is 18.2 Å². The van der Waals surface area contributed by atoms with Gasteiger partial charge in [0, 0.05) is 11.7 Å². The maximum Gasteiger partial charge on any atom is 0.417 e. The van der Waals surface area contributed by atoms with Crippen LogP contribution in [0.1, 0.15) is 24.1 Å². The molecule has 2 nitrogen and oxygen atoms in total. The summed E-state index contributed by atoms with van der Waals surface area (Å²) in [6.07, 6.45) is -4.50. The van der Waals surface area contributed by atoms with Crippen molar-refractivity contribution in [3.63, 3.8) is 0 Å². The van der Waals surface area contributed by atoms with Crippen molar-refractivity contribution in [1.29, 1.82) is 0 Å². The van der Waals surface area contributed by atoms with Gasteiger partial charge in [-0.1, -0.05) is 23.7 Å². The average molecular weight is 316 g/mol. The van der Waals surface area contributed by atoms with E-state index in [4.69, 9.17) is 11.6 Å². The van der Waals surface area contributed by atoms with Gasteiger partial charge in [-0.15, -0.1) is 0 Å². The number of phenolic OH excluding ortho intramolecular Hbond substituents is 1. The van der Waals surface area contributed by atoms with Crippen molar-refractivity contribution < 1.29 is 18.3 Å². The van der Waals surface area contributed by atoms with E-state index >= 15 is 0 Å². The summed E-state index contributed by atoms with van der Waals surface area (Å²) in [6, 6.07) is 9.93. The minimum Gasteiger partial charge on any atom is -0.508 e. The van der Waals surface area contributed by atoms with Crippen molar-refractivity contribution in [2.45, 2.75) is 19.1 Å². The van der Waals surface area contributed by atoms with Crippen LogP contribution in [-0.2, 0) is 6.18 Å². The standard InChI is InChI=1S/C15H13ClF3NO/c1-9(10-3-2-4-12(21)7-10)20-11-5-6-14(16)13(8-11)15(17,18)19/h2-9,20-21H,1H3. The second-order valence-corrected chi connectivity index (χ2v) is 5.06. The molecule has 2 aromatic carbocycles. The molecule has 21 heavy (non-hydrogen) atoms. The summed E-state index contributed by atoms with van der Waals surface area (Å²) >= 11 is 5.57. The Bertz CT molecular complexity index is 643. The van der Waals surface area contributed by atoms with E-state index in [0.717, 1.165) is 11.6 Å². The summed E-state index contributed by atoms with van der Waals surface area (Å²) in [4.78, 5) is 0. The molecule has 0 amide bonds. The number of halogens is 4. The SMILES string of the molecule is CC(Nc1ccc(Cl)c(C(F)(F)F)c1)c1cccc(O)c1. The van der Waals surface area contributed by atoms with Crippen LogP contribution >= 0.6 is 11.6 Å². The highest BCUT2D eigenvalue weighted by atomic mass is 35.5. The number of benzene rings is 2. The van der Waals surface area contributed by atoms with Crippen molar-refractivity contribution in [3.8, 4) is 5.75 Å². The Hall–Kier alpha value is -1.88. The Labute approximate surface area is 125 Å². The van der Waals surface area contributed by atoms with Crippen LogP contribution in [-0.4, -0.2) is 5.11 Å². The molecule has 0 bridgehead atoms. The predicted octanol–water partition coefficient (Wildman–Crippen LogP) is 5.24. The Morgan fingerprint density at radius 2 is 1.86 bits per heavy atom. The van der Waals surface area contributed by atoms with Gasteiger partial charge >= 0.3 is 6.18 Å². The van der Waals surface area contributed by atoms with Crippen molar-refractivity contribution in [2.24, 2.45) is 0 Å². The van der Waals surface area contributed by atoms with E-state index in [1.54, 1.807) is 25.1 Å². The van der Waals surface area contributed by atoms with Crippen LogP contribution in [0.2, 0.25) is 5.02 Å². The maximum atomic E-state index is 12.8. The lowest BCUT2D eigenvalue weighted by molar-refractivity contribution is -0.137. The molecule has 0 aromatic heterocycles. The summed E-state index contributed by atoms with van der Waals surface area (Å²) in [6.45, 7) is 1.79. The van der Waals surface area contributed by atoms with Gasteiger partial charge in [0.2, 0.25) is 0 Å². The molecule has 0 spiro atoms. The number of hydrogen-bond donors (Lipinski definition) is 2. The lowest BCUT2D eigenvalue weighted by atomic mass is 10.1. The van der Waals surface area contributed by atoms with E-state index in [2.05, 4.69) is 5.32 Å². The molecule has 0 heterocycles. The highest BCUT2D eigenvalue weighted by Crippen LogP contribution is 2.36. The normalized spacial score (nSPS) is 13.0. The van der Waals surface area contributed by atoms with Crippen LogP contribution in [0.3, 0.4) is 0 Å². The Morgan fingerprint density at radius 3 is 2.48 bits per heavy atom. The predicted molar refractivity (Wildman–Crippen MR) is 76.6 cm³/mol. The second kappa shape index (κ2) is 5.85. The first-order chi connectivity index (χ1) is 9.77. The summed E-state index contributed by atoms with van der Waals surface area (Å²) < 4.78 is 38.4. The lowest BCUT2D eigenvalue weighted by Gasteiger charge is -2.18. The zero-order chi connectivity index (χ0) is 15.6. The van der Waals surface area contributed by atoms with E-state index in [-0.39, 0.29) is 16.8 Å². The molecule has 0 aliphatic carbocycles. The van der Waals surface area contributed by atoms with Crippen molar-refractivity contribution >= 4 is 17.3 Å². The summed E-state index contributed by atoms with van der Waals surface area (Å²) in [5, 5.41) is 12.0.